The second-order valence-electron chi connectivity index (χ2n) is 6.58. The normalized spacial score (nSPS) is 20.2. The molecule has 0 aliphatic carbocycles. The first-order valence-electron chi connectivity index (χ1n) is 6.58. The Kier molecular flexibility index (Phi) is 5.21. The standard InChI is InChI=1S/C13H20F3NO4S/c1-11(2,3)20-10(18)17-7-6-9(12(4,5)8-17)21-22(19)13(14,15)16/h6H,7-8H2,1-5H3. The van der Waals surface area contributed by atoms with Gasteiger partial charge in [-0.25, -0.2) is 9.00 Å². The summed E-state index contributed by atoms with van der Waals surface area (Å²) in [4.78, 5) is 13.3. The number of ether oxygens (including phenoxy) is 1. The summed E-state index contributed by atoms with van der Waals surface area (Å²) >= 11 is -3.42. The summed E-state index contributed by atoms with van der Waals surface area (Å²) in [5.41, 5.74) is -6.52. The molecule has 9 heteroatoms. The van der Waals surface area contributed by atoms with Gasteiger partial charge in [0.15, 0.2) is 0 Å². The molecule has 0 spiro atoms. The highest BCUT2D eigenvalue weighted by atomic mass is 32.2. The molecule has 128 valence electrons. The Morgan fingerprint density at radius 1 is 1.32 bits per heavy atom. The molecule has 0 aromatic rings. The number of hydrogen-bond donors (Lipinski definition) is 0. The fourth-order valence-electron chi connectivity index (χ4n) is 1.83. The largest absolute Gasteiger partial charge is 0.508 e. The molecule has 0 aromatic carbocycles. The zero-order valence-electron chi connectivity index (χ0n) is 13.1. The second-order valence-corrected chi connectivity index (χ2v) is 7.68. The van der Waals surface area contributed by atoms with Crippen LogP contribution in [0.2, 0.25) is 0 Å². The van der Waals surface area contributed by atoms with E-state index in [1.54, 1.807) is 34.6 Å². The highest BCUT2D eigenvalue weighted by Crippen LogP contribution is 2.35. The van der Waals surface area contributed by atoms with Crippen LogP contribution in [0.5, 0.6) is 0 Å². The van der Waals surface area contributed by atoms with Gasteiger partial charge in [0.05, 0.1) is 0 Å². The Labute approximate surface area is 130 Å². The van der Waals surface area contributed by atoms with Gasteiger partial charge in [-0.3, -0.25) is 0 Å². The van der Waals surface area contributed by atoms with Gasteiger partial charge < -0.3 is 13.8 Å². The zero-order valence-corrected chi connectivity index (χ0v) is 13.9. The zero-order chi connectivity index (χ0) is 17.3. The lowest BCUT2D eigenvalue weighted by Crippen LogP contribution is -2.46. The van der Waals surface area contributed by atoms with Gasteiger partial charge >= 0.3 is 22.7 Å². The van der Waals surface area contributed by atoms with E-state index in [9.17, 15) is 22.2 Å². The first kappa shape index (κ1) is 18.8. The molecule has 0 aromatic heterocycles. The minimum Gasteiger partial charge on any atom is -0.444 e. The molecule has 0 N–H and O–H groups in total. The number of rotatable bonds is 2. The molecule has 1 heterocycles. The monoisotopic (exact) mass is 343 g/mol. The van der Waals surface area contributed by atoms with E-state index in [-0.39, 0.29) is 18.8 Å². The summed E-state index contributed by atoms with van der Waals surface area (Å²) in [6, 6.07) is 0. The van der Waals surface area contributed by atoms with Gasteiger partial charge in [0.1, 0.15) is 11.4 Å². The van der Waals surface area contributed by atoms with Crippen LogP contribution in [0.4, 0.5) is 18.0 Å². The fourth-order valence-corrected chi connectivity index (χ4v) is 2.38. The van der Waals surface area contributed by atoms with E-state index in [2.05, 4.69) is 4.18 Å². The number of halogens is 3. The number of carbonyl (C=O) groups excluding carboxylic acids is 1. The van der Waals surface area contributed by atoms with Crippen LogP contribution >= 0.6 is 0 Å². The van der Waals surface area contributed by atoms with Crippen molar-refractivity contribution in [3.8, 4) is 0 Å². The van der Waals surface area contributed by atoms with E-state index in [0.29, 0.717) is 0 Å². The molecule has 5 nitrogen and oxygen atoms in total. The Morgan fingerprint density at radius 3 is 2.27 bits per heavy atom. The molecule has 1 unspecified atom stereocenters. The van der Waals surface area contributed by atoms with E-state index < -0.39 is 33.7 Å². The van der Waals surface area contributed by atoms with Crippen LogP contribution in [-0.2, 0) is 20.0 Å². The molecule has 0 saturated heterocycles. The van der Waals surface area contributed by atoms with Gasteiger partial charge in [-0.15, -0.1) is 0 Å². The Hall–Kier alpha value is -1.25. The van der Waals surface area contributed by atoms with Gasteiger partial charge in [-0.2, -0.15) is 13.2 Å². The lowest BCUT2D eigenvalue weighted by molar-refractivity contribution is -0.0469. The predicted molar refractivity (Wildman–Crippen MR) is 75.0 cm³/mol. The highest BCUT2D eigenvalue weighted by Gasteiger charge is 2.43. The maximum atomic E-state index is 12.3. The van der Waals surface area contributed by atoms with Crippen LogP contribution in [0.25, 0.3) is 0 Å². The van der Waals surface area contributed by atoms with E-state index in [1.165, 1.54) is 11.0 Å². The van der Waals surface area contributed by atoms with E-state index in [1.807, 2.05) is 0 Å². The van der Waals surface area contributed by atoms with Crippen molar-refractivity contribution in [2.24, 2.45) is 5.41 Å². The van der Waals surface area contributed by atoms with E-state index >= 15 is 0 Å². The lowest BCUT2D eigenvalue weighted by atomic mass is 9.87. The average molecular weight is 343 g/mol. The molecule has 0 bridgehead atoms. The van der Waals surface area contributed by atoms with Crippen LogP contribution in [-0.4, -0.2) is 39.4 Å². The second kappa shape index (κ2) is 6.10. The smallest absolute Gasteiger partial charge is 0.444 e. The Balaban J connectivity index is 2.82. The van der Waals surface area contributed by atoms with Crippen LogP contribution in [0, 0.1) is 5.41 Å². The van der Waals surface area contributed by atoms with Crippen LogP contribution < -0.4 is 0 Å². The topological polar surface area (TPSA) is 55.8 Å². The summed E-state index contributed by atoms with van der Waals surface area (Å²) in [7, 11) is 0. The third kappa shape index (κ3) is 5.19. The number of amides is 1. The molecule has 1 aliphatic heterocycles. The van der Waals surface area contributed by atoms with Crippen molar-refractivity contribution >= 4 is 17.2 Å². The summed E-state index contributed by atoms with van der Waals surface area (Å²) in [5.74, 6) is -0.0528. The first-order valence-corrected chi connectivity index (χ1v) is 7.65. The fraction of sp³-hybridized carbons (Fsp3) is 0.769. The number of nitrogens with zero attached hydrogens (tertiary/aromatic N) is 1. The number of carbonyl (C=O) groups is 1. The Bertz CT molecular complexity index is 494. The molecule has 1 amide bonds. The molecule has 0 fully saturated rings. The minimum absolute atomic E-state index is 0.0305. The van der Waals surface area contributed by atoms with Gasteiger partial charge in [0.2, 0.25) is 0 Å². The van der Waals surface area contributed by atoms with Crippen LogP contribution in [0.1, 0.15) is 34.6 Å². The molecule has 22 heavy (non-hydrogen) atoms. The van der Waals surface area contributed by atoms with Gasteiger partial charge in [0.25, 0.3) is 0 Å². The van der Waals surface area contributed by atoms with E-state index in [0.717, 1.165) is 0 Å². The molecule has 1 aliphatic rings. The van der Waals surface area contributed by atoms with E-state index in [4.69, 9.17) is 4.74 Å². The molecule has 1 rings (SSSR count). The van der Waals surface area contributed by atoms with Gasteiger partial charge in [0, 0.05) is 18.5 Å². The maximum Gasteiger partial charge on any atom is 0.508 e. The quantitative estimate of drug-likeness (QED) is 0.772. The van der Waals surface area contributed by atoms with Crippen LogP contribution in [0.3, 0.4) is 0 Å². The summed E-state index contributed by atoms with van der Waals surface area (Å²) in [5, 5.41) is 0. The maximum absolute atomic E-state index is 12.3. The summed E-state index contributed by atoms with van der Waals surface area (Å²) in [6.45, 7) is 8.49. The highest BCUT2D eigenvalue weighted by molar-refractivity contribution is 7.81. The van der Waals surface area contributed by atoms with Crippen molar-refractivity contribution in [2.75, 3.05) is 13.1 Å². The molecular formula is C13H20F3NO4S. The first-order chi connectivity index (χ1) is 9.72. The van der Waals surface area contributed by atoms with Crippen LogP contribution in [0.15, 0.2) is 11.8 Å². The lowest BCUT2D eigenvalue weighted by Gasteiger charge is -2.37. The van der Waals surface area contributed by atoms with Crippen molar-refractivity contribution in [1.82, 2.24) is 4.90 Å². The molecule has 0 saturated carbocycles. The average Bonchev–Trinajstić information content (AvgIpc) is 2.27. The minimum atomic E-state index is -4.95. The van der Waals surface area contributed by atoms with Crippen molar-refractivity contribution in [3.63, 3.8) is 0 Å². The third-order valence-corrected chi connectivity index (χ3v) is 3.47. The SMILES string of the molecule is CC(C)(C)OC(=O)N1CC=C(OS(=O)C(F)(F)F)C(C)(C)C1. The number of alkyl halides is 3. The molecular weight excluding hydrogens is 323 g/mol. The van der Waals surface area contributed by atoms with Gasteiger partial charge in [-0.05, 0) is 26.8 Å². The van der Waals surface area contributed by atoms with Crippen molar-refractivity contribution in [1.29, 1.82) is 0 Å². The van der Waals surface area contributed by atoms with Gasteiger partial charge in [-0.1, -0.05) is 13.8 Å². The Morgan fingerprint density at radius 2 is 1.86 bits per heavy atom. The van der Waals surface area contributed by atoms with Crippen molar-refractivity contribution < 1.29 is 31.1 Å². The number of hydrogen-bond acceptors (Lipinski definition) is 4. The predicted octanol–water partition coefficient (Wildman–Crippen LogP) is 3.35. The molecule has 1 atom stereocenters. The third-order valence-electron chi connectivity index (χ3n) is 2.76. The summed E-state index contributed by atoms with van der Waals surface area (Å²) < 4.78 is 57.7. The van der Waals surface area contributed by atoms with Crippen molar-refractivity contribution in [3.05, 3.63) is 11.8 Å². The summed E-state index contributed by atoms with van der Waals surface area (Å²) in [6.07, 6.45) is 0.754. The van der Waals surface area contributed by atoms with Crippen molar-refractivity contribution in [2.45, 2.75) is 45.7 Å². The molecule has 0 radical (unpaired) electrons.